The van der Waals surface area contributed by atoms with Crippen molar-refractivity contribution in [3.8, 4) is 0 Å². The van der Waals surface area contributed by atoms with Gasteiger partial charge < -0.3 is 5.11 Å². The van der Waals surface area contributed by atoms with E-state index >= 15 is 0 Å². The molecule has 1 aliphatic carbocycles. The molecule has 1 aliphatic rings. The van der Waals surface area contributed by atoms with E-state index in [0.717, 1.165) is 25.7 Å². The molecule has 0 aromatic heterocycles. The Bertz CT molecular complexity index is 235. The van der Waals surface area contributed by atoms with E-state index in [-0.39, 0.29) is 5.78 Å². The molecule has 1 fully saturated rings. The molecular weight excluding hydrogens is 180 g/mol. The van der Waals surface area contributed by atoms with Gasteiger partial charge in [0.1, 0.15) is 11.2 Å². The highest BCUT2D eigenvalue weighted by Crippen LogP contribution is 2.34. The van der Waals surface area contributed by atoms with Gasteiger partial charge in [-0.2, -0.15) is 0 Å². The molecule has 0 aromatic carbocycles. The maximum Gasteiger partial charge on any atom is 0.317 e. The third kappa shape index (κ3) is 1.97. The van der Waals surface area contributed by atoms with Crippen molar-refractivity contribution in [1.29, 1.82) is 0 Å². The Labute approximate surface area is 84.5 Å². The van der Waals surface area contributed by atoms with Gasteiger partial charge in [-0.15, -0.1) is 0 Å². The van der Waals surface area contributed by atoms with E-state index in [2.05, 4.69) is 0 Å². The van der Waals surface area contributed by atoms with E-state index in [1.54, 1.807) is 6.92 Å². The highest BCUT2D eigenvalue weighted by molar-refractivity contribution is 6.03. The highest BCUT2D eigenvalue weighted by atomic mass is 16.4. The third-order valence-electron chi connectivity index (χ3n) is 3.30. The first-order chi connectivity index (χ1) is 6.63. The molecule has 0 heterocycles. The summed E-state index contributed by atoms with van der Waals surface area (Å²) in [5.41, 5.74) is -1.07. The van der Waals surface area contributed by atoms with Crippen molar-refractivity contribution in [2.75, 3.05) is 0 Å². The summed E-state index contributed by atoms with van der Waals surface area (Å²) in [5, 5.41) is 9.16. The number of rotatable bonds is 2. The number of ketones is 1. The maximum atomic E-state index is 11.8. The molecule has 1 atom stereocenters. The van der Waals surface area contributed by atoms with E-state index in [9.17, 15) is 9.59 Å². The zero-order valence-electron chi connectivity index (χ0n) is 8.71. The Morgan fingerprint density at radius 2 is 2.00 bits per heavy atom. The molecule has 1 unspecified atom stereocenters. The summed E-state index contributed by atoms with van der Waals surface area (Å²) < 4.78 is 0. The lowest BCUT2D eigenvalue weighted by atomic mass is 9.73. The zero-order chi connectivity index (χ0) is 10.6. The average Bonchev–Trinajstić information content (AvgIpc) is 2.12. The minimum Gasteiger partial charge on any atom is -0.480 e. The Hall–Kier alpha value is -0.860. The number of carbonyl (C=O) groups excluding carboxylic acids is 1. The first-order valence-electron chi connectivity index (χ1n) is 5.40. The Morgan fingerprint density at radius 1 is 1.36 bits per heavy atom. The first kappa shape index (κ1) is 11.2. The van der Waals surface area contributed by atoms with Crippen LogP contribution < -0.4 is 0 Å². The molecule has 1 N–H and O–H groups in total. The van der Waals surface area contributed by atoms with Gasteiger partial charge in [-0.3, -0.25) is 9.59 Å². The predicted molar refractivity (Wildman–Crippen MR) is 53.1 cm³/mol. The SMILES string of the molecule is CCC1(C(=O)O)CCCCCCC1=O. The molecule has 3 nitrogen and oxygen atoms in total. The Balaban J connectivity index is 2.86. The normalized spacial score (nSPS) is 29.4. The summed E-state index contributed by atoms with van der Waals surface area (Å²) in [4.78, 5) is 22.9. The van der Waals surface area contributed by atoms with Crippen molar-refractivity contribution in [2.24, 2.45) is 5.41 Å². The van der Waals surface area contributed by atoms with Crippen molar-refractivity contribution in [2.45, 2.75) is 51.9 Å². The molecule has 0 saturated heterocycles. The van der Waals surface area contributed by atoms with Gasteiger partial charge in [-0.1, -0.05) is 26.2 Å². The molecule has 1 rings (SSSR count). The summed E-state index contributed by atoms with van der Waals surface area (Å²) in [6, 6.07) is 0. The predicted octanol–water partition coefficient (Wildman–Crippen LogP) is 2.39. The Morgan fingerprint density at radius 3 is 2.57 bits per heavy atom. The lowest BCUT2D eigenvalue weighted by Crippen LogP contribution is -2.39. The molecular formula is C11H18O3. The molecule has 80 valence electrons. The number of hydrogen-bond donors (Lipinski definition) is 1. The second-order valence-electron chi connectivity index (χ2n) is 4.08. The summed E-state index contributed by atoms with van der Waals surface area (Å²) in [6.45, 7) is 1.80. The van der Waals surface area contributed by atoms with Gasteiger partial charge in [0.15, 0.2) is 0 Å². The number of carboxylic acid groups (broad SMARTS) is 1. The van der Waals surface area contributed by atoms with Crippen LogP contribution in [0.1, 0.15) is 51.9 Å². The monoisotopic (exact) mass is 198 g/mol. The fraction of sp³-hybridized carbons (Fsp3) is 0.818. The van der Waals surface area contributed by atoms with Crippen LogP contribution in [0.5, 0.6) is 0 Å². The van der Waals surface area contributed by atoms with Crippen LogP contribution in [0.4, 0.5) is 0 Å². The molecule has 0 amide bonds. The molecule has 0 radical (unpaired) electrons. The summed E-state index contributed by atoms with van der Waals surface area (Å²) in [5.74, 6) is -0.987. The van der Waals surface area contributed by atoms with Crippen LogP contribution >= 0.6 is 0 Å². The molecule has 0 spiro atoms. The van der Waals surface area contributed by atoms with Crippen LogP contribution in [0.15, 0.2) is 0 Å². The minimum atomic E-state index is -1.07. The van der Waals surface area contributed by atoms with E-state index < -0.39 is 11.4 Å². The fourth-order valence-corrected chi connectivity index (χ4v) is 2.20. The number of carbonyl (C=O) groups is 2. The largest absolute Gasteiger partial charge is 0.480 e. The van der Waals surface area contributed by atoms with Crippen molar-refractivity contribution >= 4 is 11.8 Å². The molecule has 1 saturated carbocycles. The smallest absolute Gasteiger partial charge is 0.317 e. The highest BCUT2D eigenvalue weighted by Gasteiger charge is 2.43. The van der Waals surface area contributed by atoms with Crippen LogP contribution in [-0.4, -0.2) is 16.9 Å². The lowest BCUT2D eigenvalue weighted by Gasteiger charge is -2.28. The Kier molecular flexibility index (Phi) is 3.67. The maximum absolute atomic E-state index is 11.8. The second kappa shape index (κ2) is 4.58. The molecule has 0 aliphatic heterocycles. The fourth-order valence-electron chi connectivity index (χ4n) is 2.20. The minimum absolute atomic E-state index is 0.0628. The van der Waals surface area contributed by atoms with Crippen molar-refractivity contribution in [3.05, 3.63) is 0 Å². The van der Waals surface area contributed by atoms with Crippen LogP contribution in [0.3, 0.4) is 0 Å². The zero-order valence-corrected chi connectivity index (χ0v) is 8.71. The molecule has 0 aromatic rings. The van der Waals surface area contributed by atoms with Gasteiger partial charge in [0.25, 0.3) is 0 Å². The van der Waals surface area contributed by atoms with E-state index in [0.29, 0.717) is 19.3 Å². The van der Waals surface area contributed by atoms with E-state index in [1.165, 1.54) is 0 Å². The van der Waals surface area contributed by atoms with Crippen LogP contribution in [-0.2, 0) is 9.59 Å². The van der Waals surface area contributed by atoms with Gasteiger partial charge in [-0.05, 0) is 19.3 Å². The summed E-state index contributed by atoms with van der Waals surface area (Å²) in [7, 11) is 0. The average molecular weight is 198 g/mol. The van der Waals surface area contributed by atoms with Crippen LogP contribution in [0.2, 0.25) is 0 Å². The molecule has 3 heteroatoms. The lowest BCUT2D eigenvalue weighted by molar-refractivity contribution is -0.156. The van der Waals surface area contributed by atoms with Gasteiger partial charge in [0, 0.05) is 6.42 Å². The van der Waals surface area contributed by atoms with Gasteiger partial charge >= 0.3 is 5.97 Å². The summed E-state index contributed by atoms with van der Waals surface area (Å²) in [6.07, 6.45) is 5.24. The van der Waals surface area contributed by atoms with Crippen molar-refractivity contribution in [3.63, 3.8) is 0 Å². The van der Waals surface area contributed by atoms with E-state index in [4.69, 9.17) is 5.11 Å². The van der Waals surface area contributed by atoms with Crippen LogP contribution in [0, 0.1) is 5.41 Å². The first-order valence-corrected chi connectivity index (χ1v) is 5.40. The summed E-state index contributed by atoms with van der Waals surface area (Å²) >= 11 is 0. The van der Waals surface area contributed by atoms with Crippen LogP contribution in [0.25, 0.3) is 0 Å². The second-order valence-corrected chi connectivity index (χ2v) is 4.08. The standard InChI is InChI=1S/C11H18O3/c1-2-11(10(13)14)8-6-4-3-5-7-9(11)12/h2-8H2,1H3,(H,13,14). The molecule has 14 heavy (non-hydrogen) atoms. The third-order valence-corrected chi connectivity index (χ3v) is 3.30. The van der Waals surface area contributed by atoms with Gasteiger partial charge in [-0.25, -0.2) is 0 Å². The van der Waals surface area contributed by atoms with Crippen molar-refractivity contribution < 1.29 is 14.7 Å². The number of Topliss-reactive ketones (excluding diaryl/α,β-unsaturated/α-hetero) is 1. The topological polar surface area (TPSA) is 54.4 Å². The van der Waals surface area contributed by atoms with Gasteiger partial charge in [0.05, 0.1) is 0 Å². The van der Waals surface area contributed by atoms with E-state index in [1.807, 2.05) is 0 Å². The van der Waals surface area contributed by atoms with Gasteiger partial charge in [0.2, 0.25) is 0 Å². The quantitative estimate of drug-likeness (QED) is 0.693. The molecule has 0 bridgehead atoms. The number of hydrogen-bond acceptors (Lipinski definition) is 2. The number of carboxylic acids is 1. The van der Waals surface area contributed by atoms with Crippen molar-refractivity contribution in [1.82, 2.24) is 0 Å². The number of aliphatic carboxylic acids is 1.